The van der Waals surface area contributed by atoms with Gasteiger partial charge in [0.2, 0.25) is 17.7 Å². The predicted octanol–water partition coefficient (Wildman–Crippen LogP) is 3.31. The normalized spacial score (nSPS) is 28.0. The maximum absolute atomic E-state index is 14.4. The first-order valence-electron chi connectivity index (χ1n) is 20.6. The Morgan fingerprint density at radius 3 is 2.37 bits per heavy atom. The zero-order valence-corrected chi connectivity index (χ0v) is 33.1. The SMILES string of the molecule is Cc1sc2nc1CC(=O)N[C@@H](CCCCNC(=O)c1ccccc1)CC(=O)N1CCC(CC1)N1C[C@@H](NC3CCN(C)CC3)C[C@H]1C(=O)N1CCC2CC1. The predicted molar refractivity (Wildman–Crippen MR) is 210 cm³/mol. The number of rotatable bonds is 8. The van der Waals surface area contributed by atoms with Crippen molar-refractivity contribution in [3.05, 3.63) is 51.5 Å². The number of aryl methyl sites for hydroxylation is 1. The van der Waals surface area contributed by atoms with E-state index in [0.717, 1.165) is 106 Å². The number of benzene rings is 1. The molecule has 9 rings (SSSR count). The van der Waals surface area contributed by atoms with Gasteiger partial charge in [-0.1, -0.05) is 18.2 Å². The third-order valence-corrected chi connectivity index (χ3v) is 13.8. The van der Waals surface area contributed by atoms with Gasteiger partial charge in [0.1, 0.15) is 0 Å². The summed E-state index contributed by atoms with van der Waals surface area (Å²) in [6.45, 7) is 8.45. The first-order valence-corrected chi connectivity index (χ1v) is 21.4. The molecule has 1 aromatic carbocycles. The van der Waals surface area contributed by atoms with Gasteiger partial charge >= 0.3 is 0 Å². The molecule has 7 aliphatic rings. The van der Waals surface area contributed by atoms with Gasteiger partial charge in [-0.05, 0) is 103 Å². The maximum Gasteiger partial charge on any atom is 0.251 e. The van der Waals surface area contributed by atoms with Gasteiger partial charge in [-0.2, -0.15) is 0 Å². The summed E-state index contributed by atoms with van der Waals surface area (Å²) in [7, 11) is 2.19. The van der Waals surface area contributed by atoms with Gasteiger partial charge in [0, 0.05) is 86.2 Å². The fourth-order valence-corrected chi connectivity index (χ4v) is 10.4. The molecular weight excluding hydrogens is 701 g/mol. The molecule has 0 spiro atoms. The van der Waals surface area contributed by atoms with Crippen molar-refractivity contribution < 1.29 is 19.2 Å². The van der Waals surface area contributed by atoms with E-state index in [4.69, 9.17) is 4.98 Å². The highest BCUT2D eigenvalue weighted by Crippen LogP contribution is 2.35. The molecule has 4 amide bonds. The first-order chi connectivity index (χ1) is 26.2. The van der Waals surface area contributed by atoms with E-state index in [1.165, 1.54) is 0 Å². The standard InChI is InChI=1S/C41H60N8O4S/c1-28-35-26-37(50)44-32(10-6-7-17-42-39(52)29-8-4-3-5-9-29)25-38(51)47-22-15-34(16-23-47)49-27-33(43-31-13-18-46(2)19-14-31)24-36(49)41(53)48-20-11-30(12-21-48)40(45-35)54-28/h3-5,8-9,30-34,36,43H,6-7,10-27H2,1-2H3,(H,42,52)(H,44,50)/t32-,33-,36-/m0/s1. The van der Waals surface area contributed by atoms with Crippen LogP contribution >= 0.6 is 11.3 Å². The minimum absolute atomic E-state index is 0.0666. The summed E-state index contributed by atoms with van der Waals surface area (Å²) >= 11 is 1.68. The van der Waals surface area contributed by atoms with Crippen molar-refractivity contribution in [2.24, 2.45) is 0 Å². The molecule has 6 bridgehead atoms. The second-order valence-corrected chi connectivity index (χ2v) is 17.7. The highest BCUT2D eigenvalue weighted by Gasteiger charge is 2.44. The van der Waals surface area contributed by atoms with Gasteiger partial charge in [0.25, 0.3) is 5.91 Å². The zero-order chi connectivity index (χ0) is 37.6. The highest BCUT2D eigenvalue weighted by atomic mass is 32.1. The lowest BCUT2D eigenvalue weighted by molar-refractivity contribution is -0.139. The summed E-state index contributed by atoms with van der Waals surface area (Å²) in [5, 5.41) is 11.2. The summed E-state index contributed by atoms with van der Waals surface area (Å²) in [6, 6.07) is 9.81. The van der Waals surface area contributed by atoms with Gasteiger partial charge in [-0.15, -0.1) is 11.3 Å². The van der Waals surface area contributed by atoms with Gasteiger partial charge < -0.3 is 30.7 Å². The Hall–Kier alpha value is -3.39. The zero-order valence-electron chi connectivity index (χ0n) is 32.3. The van der Waals surface area contributed by atoms with Crippen LogP contribution < -0.4 is 16.0 Å². The van der Waals surface area contributed by atoms with Crippen LogP contribution in [0, 0.1) is 6.92 Å². The lowest BCUT2D eigenvalue weighted by Gasteiger charge is -2.41. The Balaban J connectivity index is 1.03. The molecule has 8 heterocycles. The van der Waals surface area contributed by atoms with E-state index in [1.54, 1.807) is 23.5 Å². The van der Waals surface area contributed by atoms with Gasteiger partial charge in [-0.3, -0.25) is 24.1 Å². The number of likely N-dealkylation sites (tertiary alicyclic amines) is 1. The number of carbonyl (C=O) groups excluding carboxylic acids is 4. The fourth-order valence-electron chi connectivity index (χ4n) is 9.34. The number of amides is 4. The average Bonchev–Trinajstić information content (AvgIpc) is 3.78. The van der Waals surface area contributed by atoms with Crippen LogP contribution in [0.4, 0.5) is 0 Å². The van der Waals surface area contributed by atoms with Crippen molar-refractivity contribution in [1.82, 2.24) is 40.5 Å². The van der Waals surface area contributed by atoms with Crippen molar-refractivity contribution in [1.29, 1.82) is 0 Å². The van der Waals surface area contributed by atoms with Gasteiger partial charge in [0.05, 0.1) is 23.2 Å². The molecule has 54 heavy (non-hydrogen) atoms. The van der Waals surface area contributed by atoms with Crippen LogP contribution in [0.5, 0.6) is 0 Å². The average molecular weight is 761 g/mol. The summed E-state index contributed by atoms with van der Waals surface area (Å²) in [5.74, 6) is 0.418. The quantitative estimate of drug-likeness (QED) is 0.350. The number of aromatic nitrogens is 1. The summed E-state index contributed by atoms with van der Waals surface area (Å²) < 4.78 is 0. The van der Waals surface area contributed by atoms with Crippen LogP contribution in [0.15, 0.2) is 30.3 Å². The highest BCUT2D eigenvalue weighted by molar-refractivity contribution is 7.11. The van der Waals surface area contributed by atoms with Crippen LogP contribution in [0.1, 0.15) is 102 Å². The molecule has 7 aliphatic heterocycles. The molecule has 294 valence electrons. The van der Waals surface area contributed by atoms with E-state index in [9.17, 15) is 19.2 Å². The van der Waals surface area contributed by atoms with E-state index in [2.05, 4.69) is 37.7 Å². The number of hydrogen-bond donors (Lipinski definition) is 3. The molecule has 0 saturated carbocycles. The first kappa shape index (κ1) is 38.9. The Morgan fingerprint density at radius 1 is 0.907 bits per heavy atom. The van der Waals surface area contributed by atoms with Crippen molar-refractivity contribution in [2.75, 3.05) is 59.4 Å². The third kappa shape index (κ3) is 9.69. The van der Waals surface area contributed by atoms with Crippen LogP contribution in [-0.2, 0) is 20.8 Å². The molecule has 0 unspecified atom stereocenters. The van der Waals surface area contributed by atoms with Crippen LogP contribution in [0.3, 0.4) is 0 Å². The number of unbranched alkanes of at least 4 members (excludes halogenated alkanes) is 1. The number of fused-ring (bicyclic) bond motifs is 2. The summed E-state index contributed by atoms with van der Waals surface area (Å²) in [5.41, 5.74) is 1.44. The number of thiazole rings is 1. The molecule has 4 fully saturated rings. The molecular formula is C41H60N8O4S. The number of hydrogen-bond acceptors (Lipinski definition) is 9. The van der Waals surface area contributed by atoms with Crippen molar-refractivity contribution in [2.45, 2.75) is 120 Å². The van der Waals surface area contributed by atoms with Crippen LogP contribution in [-0.4, -0.2) is 138 Å². The smallest absolute Gasteiger partial charge is 0.251 e. The molecule has 2 aromatic rings. The Bertz CT molecular complexity index is 1600. The lowest BCUT2D eigenvalue weighted by Crippen LogP contribution is -2.54. The molecule has 3 atom stereocenters. The fraction of sp³-hybridized carbons (Fsp3) is 0.683. The second kappa shape index (κ2) is 18.0. The van der Waals surface area contributed by atoms with Crippen LogP contribution in [0.2, 0.25) is 0 Å². The lowest BCUT2D eigenvalue weighted by atomic mass is 9.96. The molecule has 4 saturated heterocycles. The van der Waals surface area contributed by atoms with Gasteiger partial charge in [-0.25, -0.2) is 4.98 Å². The van der Waals surface area contributed by atoms with E-state index < -0.39 is 0 Å². The Morgan fingerprint density at radius 2 is 1.63 bits per heavy atom. The molecule has 0 radical (unpaired) electrons. The van der Waals surface area contributed by atoms with Crippen molar-refractivity contribution in [3.8, 4) is 0 Å². The Labute approximate surface area is 324 Å². The Kier molecular flexibility index (Phi) is 13.0. The molecule has 3 N–H and O–H groups in total. The van der Waals surface area contributed by atoms with Gasteiger partial charge in [0.15, 0.2) is 0 Å². The topological polar surface area (TPSA) is 130 Å². The van der Waals surface area contributed by atoms with Crippen molar-refractivity contribution >= 4 is 35.0 Å². The second-order valence-electron chi connectivity index (χ2n) is 16.4. The summed E-state index contributed by atoms with van der Waals surface area (Å²) in [4.78, 5) is 69.2. The van der Waals surface area contributed by atoms with E-state index in [-0.39, 0.29) is 60.5 Å². The van der Waals surface area contributed by atoms with Crippen LogP contribution in [0.25, 0.3) is 0 Å². The minimum atomic E-state index is -0.298. The number of piperidine rings is 3. The number of carbonyl (C=O) groups is 4. The largest absolute Gasteiger partial charge is 0.353 e. The van der Waals surface area contributed by atoms with E-state index in [0.29, 0.717) is 43.7 Å². The molecule has 0 aliphatic carbocycles. The minimum Gasteiger partial charge on any atom is -0.353 e. The maximum atomic E-state index is 14.4. The third-order valence-electron chi connectivity index (χ3n) is 12.6. The number of nitrogens with zero attached hydrogens (tertiary/aromatic N) is 5. The van der Waals surface area contributed by atoms with Crippen molar-refractivity contribution in [3.63, 3.8) is 0 Å². The van der Waals surface area contributed by atoms with E-state index >= 15 is 0 Å². The monoisotopic (exact) mass is 760 g/mol. The molecule has 13 heteroatoms. The van der Waals surface area contributed by atoms with E-state index in [1.807, 2.05) is 30.0 Å². The molecule has 12 nitrogen and oxygen atoms in total. The molecule has 1 aromatic heterocycles. The summed E-state index contributed by atoms with van der Waals surface area (Å²) in [6.07, 6.45) is 9.22. The number of nitrogens with one attached hydrogen (secondary N) is 3.